The molecule has 0 aromatic heterocycles. The van der Waals surface area contributed by atoms with Crippen molar-refractivity contribution in [3.05, 3.63) is 160 Å². The second-order valence-electron chi connectivity index (χ2n) is 11.4. The van der Waals surface area contributed by atoms with E-state index in [-0.39, 0.29) is 89.3 Å². The molecule has 0 spiro atoms. The van der Waals surface area contributed by atoms with Crippen LogP contribution in [0.15, 0.2) is 104 Å². The Morgan fingerprint density at radius 2 is 1.04 bits per heavy atom. The topological polar surface area (TPSA) is 58.2 Å². The zero-order chi connectivity index (χ0) is 33.2. The maximum absolute atomic E-state index is 12.4. The number of nitrogens with one attached hydrogen (secondary N) is 2. The quantitative estimate of drug-likeness (QED) is 0.132. The van der Waals surface area contributed by atoms with E-state index in [1.165, 1.54) is 5.56 Å². The third-order valence-corrected chi connectivity index (χ3v) is 7.12. The van der Waals surface area contributed by atoms with Crippen molar-refractivity contribution < 1.29 is 75.0 Å². The third-order valence-electron chi connectivity index (χ3n) is 7.12. The van der Waals surface area contributed by atoms with Gasteiger partial charge in [0.15, 0.2) is 0 Å². The molecule has 0 heterocycles. The standard InChI is InChI=1S/C20H22NO.C14H19NO.C7H7.2Y/c1-15-9-7-10-16(2)19(15)20(22)21-17(3)11-8-14-18-12-5-4-6-13-18;1-5-7-12(4)15-14(16)13-10(2)8-6-9-11(13)3;1-7-5-3-2-4-6-7;;/h5-10,12-14,17H,11H2,1-3H3,(H,21,22);5-6,8-9,12H,1,7H2,2-4H3,(H,15,16);3-6H,1H3;;/q-1;;-1;;/b14-8+;;;;. The van der Waals surface area contributed by atoms with E-state index in [0.29, 0.717) is 0 Å². The van der Waals surface area contributed by atoms with Crippen LogP contribution in [0.1, 0.15) is 80.8 Å². The van der Waals surface area contributed by atoms with E-state index in [0.717, 1.165) is 51.8 Å². The van der Waals surface area contributed by atoms with Crippen LogP contribution in [0.4, 0.5) is 0 Å². The van der Waals surface area contributed by atoms with Crippen molar-refractivity contribution in [2.75, 3.05) is 0 Å². The maximum atomic E-state index is 12.4. The van der Waals surface area contributed by atoms with Crippen LogP contribution in [0, 0.1) is 46.8 Å². The molecule has 242 valence electrons. The molecule has 6 heteroatoms. The fraction of sp³-hybridized carbons (Fsp3) is 0.268. The van der Waals surface area contributed by atoms with Gasteiger partial charge in [0.25, 0.3) is 11.8 Å². The Hall–Kier alpha value is -2.49. The van der Waals surface area contributed by atoms with Crippen LogP contribution in [0.25, 0.3) is 6.08 Å². The molecule has 4 aromatic carbocycles. The Labute approximate surface area is 334 Å². The molecule has 47 heavy (non-hydrogen) atoms. The van der Waals surface area contributed by atoms with Crippen LogP contribution >= 0.6 is 0 Å². The summed E-state index contributed by atoms with van der Waals surface area (Å²) in [4.78, 5) is 24.4. The van der Waals surface area contributed by atoms with Gasteiger partial charge >= 0.3 is 0 Å². The van der Waals surface area contributed by atoms with Crippen LogP contribution < -0.4 is 10.6 Å². The Bertz CT molecular complexity index is 1500. The molecule has 0 bridgehead atoms. The molecular weight excluding hydrogens is 730 g/mol. The van der Waals surface area contributed by atoms with Gasteiger partial charge in [-0.2, -0.15) is 66.2 Å². The van der Waals surface area contributed by atoms with Crippen molar-refractivity contribution in [3.63, 3.8) is 0 Å². The van der Waals surface area contributed by atoms with Crippen LogP contribution in [-0.2, 0) is 65.4 Å². The summed E-state index contributed by atoms with van der Waals surface area (Å²) in [7, 11) is 0. The van der Waals surface area contributed by atoms with Crippen molar-refractivity contribution in [1.82, 2.24) is 10.6 Å². The molecular formula is C41H48N2O2Y2-2. The number of aryl methyl sites for hydroxylation is 5. The van der Waals surface area contributed by atoms with Gasteiger partial charge in [-0.25, -0.2) is 0 Å². The summed E-state index contributed by atoms with van der Waals surface area (Å²) in [5.74, 6) is 0.00996. The number of hydrogen-bond acceptors (Lipinski definition) is 2. The summed E-state index contributed by atoms with van der Waals surface area (Å²) in [6, 6.07) is 33.6. The van der Waals surface area contributed by atoms with Crippen LogP contribution in [0.5, 0.6) is 0 Å². The number of rotatable bonds is 9. The van der Waals surface area contributed by atoms with Gasteiger partial charge < -0.3 is 10.6 Å². The Morgan fingerprint density at radius 3 is 1.40 bits per heavy atom. The Morgan fingerprint density at radius 1 is 0.660 bits per heavy atom. The summed E-state index contributed by atoms with van der Waals surface area (Å²) >= 11 is 0. The summed E-state index contributed by atoms with van der Waals surface area (Å²) < 4.78 is 0. The molecule has 4 nitrogen and oxygen atoms in total. The minimum absolute atomic E-state index is 0. The van der Waals surface area contributed by atoms with E-state index in [4.69, 9.17) is 0 Å². The summed E-state index contributed by atoms with van der Waals surface area (Å²) in [5.41, 5.74) is 8.08. The molecule has 4 rings (SSSR count). The first-order chi connectivity index (χ1) is 21.5. The summed E-state index contributed by atoms with van der Waals surface area (Å²) in [5, 5.41) is 6.04. The molecule has 0 aliphatic rings. The SMILES string of the molecule is C=CCC(C)NC(=O)c1c(C)cccc1C.Cc1cc[c-]cc1.Cc1cccc(C)c1C(=O)NC(C)C/C=C/c1cc[c-]cc1.[Y].[Y]. The van der Waals surface area contributed by atoms with Crippen molar-refractivity contribution in [2.24, 2.45) is 0 Å². The Balaban J connectivity index is 0.000000741. The average molecular weight is 779 g/mol. The normalized spacial score (nSPS) is 11.1. The predicted octanol–water partition coefficient (Wildman–Crippen LogP) is 9.11. The van der Waals surface area contributed by atoms with Gasteiger partial charge in [-0.1, -0.05) is 61.5 Å². The fourth-order valence-corrected chi connectivity index (χ4v) is 4.69. The molecule has 0 aliphatic heterocycles. The van der Waals surface area contributed by atoms with Crippen LogP contribution in [0.2, 0.25) is 0 Å². The molecule has 2 radical (unpaired) electrons. The Kier molecular flexibility index (Phi) is 23.3. The van der Waals surface area contributed by atoms with Gasteiger partial charge in [-0.05, 0) is 76.6 Å². The molecule has 0 fully saturated rings. The average Bonchev–Trinajstić information content (AvgIpc) is 2.99. The van der Waals surface area contributed by atoms with Gasteiger partial charge in [0, 0.05) is 88.6 Å². The molecule has 2 unspecified atom stereocenters. The predicted molar refractivity (Wildman–Crippen MR) is 189 cm³/mol. The van der Waals surface area contributed by atoms with Gasteiger partial charge in [-0.3, -0.25) is 9.59 Å². The molecule has 4 aromatic rings. The zero-order valence-corrected chi connectivity index (χ0v) is 34.7. The van der Waals surface area contributed by atoms with E-state index >= 15 is 0 Å². The van der Waals surface area contributed by atoms with Crippen LogP contribution in [0.3, 0.4) is 0 Å². The minimum Gasteiger partial charge on any atom is -0.349 e. The van der Waals surface area contributed by atoms with Gasteiger partial charge in [0.2, 0.25) is 0 Å². The van der Waals surface area contributed by atoms with Crippen molar-refractivity contribution in [1.29, 1.82) is 0 Å². The molecule has 2 N–H and O–H groups in total. The van der Waals surface area contributed by atoms with Crippen molar-refractivity contribution in [3.8, 4) is 0 Å². The number of amides is 2. The monoisotopic (exact) mass is 778 g/mol. The first-order valence-corrected chi connectivity index (χ1v) is 15.4. The second-order valence-corrected chi connectivity index (χ2v) is 11.4. The van der Waals surface area contributed by atoms with Crippen LogP contribution in [-0.4, -0.2) is 23.9 Å². The van der Waals surface area contributed by atoms with Crippen molar-refractivity contribution >= 4 is 17.9 Å². The second kappa shape index (κ2) is 24.6. The minimum atomic E-state index is 0. The van der Waals surface area contributed by atoms with Gasteiger partial charge in [-0.15, -0.1) is 12.1 Å². The number of benzene rings is 4. The first-order valence-electron chi connectivity index (χ1n) is 15.4. The summed E-state index contributed by atoms with van der Waals surface area (Å²) in [6.07, 6.45) is 7.56. The van der Waals surface area contributed by atoms with E-state index in [1.54, 1.807) is 0 Å². The molecule has 0 saturated carbocycles. The number of carbonyl (C=O) groups excluding carboxylic acids is 2. The summed E-state index contributed by atoms with van der Waals surface area (Å²) in [6.45, 7) is 17.6. The molecule has 2 amide bonds. The van der Waals surface area contributed by atoms with Crippen molar-refractivity contribution in [2.45, 2.75) is 73.4 Å². The van der Waals surface area contributed by atoms with Gasteiger partial charge in [0.05, 0.1) is 0 Å². The zero-order valence-electron chi connectivity index (χ0n) is 29.1. The first kappa shape index (κ1) is 44.5. The van der Waals surface area contributed by atoms with E-state index in [9.17, 15) is 9.59 Å². The number of carbonyl (C=O) groups is 2. The molecule has 0 saturated heterocycles. The van der Waals surface area contributed by atoms with E-state index in [1.807, 2.05) is 133 Å². The van der Waals surface area contributed by atoms with E-state index < -0.39 is 0 Å². The third kappa shape index (κ3) is 16.9. The fourth-order valence-electron chi connectivity index (χ4n) is 4.69. The molecule has 0 aliphatic carbocycles. The van der Waals surface area contributed by atoms with Gasteiger partial charge in [0.1, 0.15) is 0 Å². The smallest absolute Gasteiger partial charge is 0.252 e. The maximum Gasteiger partial charge on any atom is 0.252 e. The molecule has 2 atom stereocenters. The van der Waals surface area contributed by atoms with E-state index in [2.05, 4.69) is 48.4 Å². The largest absolute Gasteiger partial charge is 0.349 e. The number of hydrogen-bond donors (Lipinski definition) is 2.